The summed E-state index contributed by atoms with van der Waals surface area (Å²) < 4.78 is 2.06. The molecule has 5 nitrogen and oxygen atoms in total. The number of nitrogens with one attached hydrogen (secondary N) is 1. The highest BCUT2D eigenvalue weighted by Gasteiger charge is 2.11. The number of nitrogens with zero attached hydrogens (tertiary/aromatic N) is 3. The van der Waals surface area contributed by atoms with Gasteiger partial charge in [-0.1, -0.05) is 29.5 Å². The molecule has 3 aromatic heterocycles. The third kappa shape index (κ3) is 3.39. The Kier molecular flexibility index (Phi) is 4.33. The molecule has 0 atom stereocenters. The van der Waals surface area contributed by atoms with E-state index in [1.807, 2.05) is 61.8 Å². The zero-order valence-electron chi connectivity index (χ0n) is 15.8. The lowest BCUT2D eigenvalue weighted by molar-refractivity contribution is -0.115. The molecule has 5 rings (SSSR count). The van der Waals surface area contributed by atoms with Crippen molar-refractivity contribution < 1.29 is 4.79 Å². The second-order valence-corrected chi connectivity index (χ2v) is 7.91. The van der Waals surface area contributed by atoms with Crippen LogP contribution in [0.5, 0.6) is 0 Å². The molecule has 1 amide bonds. The van der Waals surface area contributed by atoms with Gasteiger partial charge in [0, 0.05) is 41.6 Å². The number of fused-ring (bicyclic) bond motifs is 2. The molecule has 0 spiro atoms. The molecule has 0 saturated heterocycles. The van der Waals surface area contributed by atoms with Crippen molar-refractivity contribution in [2.24, 2.45) is 7.05 Å². The second-order valence-electron chi connectivity index (χ2n) is 6.93. The van der Waals surface area contributed by atoms with Crippen molar-refractivity contribution in [1.82, 2.24) is 14.5 Å². The van der Waals surface area contributed by atoms with Crippen molar-refractivity contribution in [3.8, 4) is 10.6 Å². The summed E-state index contributed by atoms with van der Waals surface area (Å²) in [5, 5.41) is 5.03. The van der Waals surface area contributed by atoms with Crippen LogP contribution in [-0.4, -0.2) is 20.4 Å². The molecular formula is C23H18N4OS. The molecule has 0 aliphatic rings. The summed E-state index contributed by atoms with van der Waals surface area (Å²) in [5.41, 5.74) is 4.85. The minimum Gasteiger partial charge on any atom is -0.350 e. The quantitative estimate of drug-likeness (QED) is 0.462. The lowest BCUT2D eigenvalue weighted by Crippen LogP contribution is -2.14. The van der Waals surface area contributed by atoms with Crippen LogP contribution in [0.15, 0.2) is 73.1 Å². The Labute approximate surface area is 171 Å². The summed E-state index contributed by atoms with van der Waals surface area (Å²) in [5.74, 6) is -0.0294. The molecule has 2 aromatic carbocycles. The number of para-hydroxylation sites is 1. The van der Waals surface area contributed by atoms with E-state index in [4.69, 9.17) is 0 Å². The van der Waals surface area contributed by atoms with Gasteiger partial charge in [0.1, 0.15) is 15.4 Å². The van der Waals surface area contributed by atoms with E-state index < -0.39 is 0 Å². The van der Waals surface area contributed by atoms with Crippen LogP contribution in [0.4, 0.5) is 5.69 Å². The number of hydrogen-bond donors (Lipinski definition) is 1. The zero-order valence-corrected chi connectivity index (χ0v) is 16.6. The van der Waals surface area contributed by atoms with E-state index in [-0.39, 0.29) is 5.91 Å². The molecule has 1 N–H and O–H groups in total. The molecule has 0 aliphatic carbocycles. The lowest BCUT2D eigenvalue weighted by Gasteiger charge is -2.05. The predicted molar refractivity (Wildman–Crippen MR) is 118 cm³/mol. The number of hydrogen-bond acceptors (Lipinski definition) is 4. The van der Waals surface area contributed by atoms with E-state index >= 15 is 0 Å². The molecule has 5 aromatic rings. The van der Waals surface area contributed by atoms with Gasteiger partial charge in [-0.2, -0.15) is 0 Å². The minimum atomic E-state index is -0.0294. The van der Waals surface area contributed by atoms with Gasteiger partial charge >= 0.3 is 0 Å². The van der Waals surface area contributed by atoms with Gasteiger partial charge < -0.3 is 9.88 Å². The fraction of sp³-hybridized carbons (Fsp3) is 0.0870. The minimum absolute atomic E-state index is 0.0294. The number of amides is 1. The number of aromatic nitrogens is 3. The van der Waals surface area contributed by atoms with Gasteiger partial charge in [-0.05, 0) is 48.0 Å². The summed E-state index contributed by atoms with van der Waals surface area (Å²) in [7, 11) is 2.00. The molecule has 0 aliphatic heterocycles. The molecule has 142 valence electrons. The Morgan fingerprint density at radius 3 is 2.72 bits per heavy atom. The van der Waals surface area contributed by atoms with E-state index in [0.29, 0.717) is 6.42 Å². The smallest absolute Gasteiger partial charge is 0.228 e. The molecule has 3 heterocycles. The lowest BCUT2D eigenvalue weighted by atomic mass is 10.1. The zero-order chi connectivity index (χ0) is 19.8. The highest BCUT2D eigenvalue weighted by molar-refractivity contribution is 7.21. The Morgan fingerprint density at radius 1 is 1.07 bits per heavy atom. The molecule has 0 radical (unpaired) electrons. The molecular weight excluding hydrogens is 380 g/mol. The van der Waals surface area contributed by atoms with Gasteiger partial charge in [-0.3, -0.25) is 4.79 Å². The molecule has 0 unspecified atom stereocenters. The van der Waals surface area contributed by atoms with Crippen LogP contribution in [0.1, 0.15) is 5.56 Å². The number of aryl methyl sites for hydroxylation is 1. The Bertz CT molecular complexity index is 1300. The number of pyridine rings is 1. The maximum Gasteiger partial charge on any atom is 0.228 e. The molecule has 29 heavy (non-hydrogen) atoms. The summed E-state index contributed by atoms with van der Waals surface area (Å²) in [6.07, 6.45) is 4.14. The highest BCUT2D eigenvalue weighted by atomic mass is 32.1. The van der Waals surface area contributed by atoms with Gasteiger partial charge in [0.2, 0.25) is 5.91 Å². The largest absolute Gasteiger partial charge is 0.350 e. The summed E-state index contributed by atoms with van der Waals surface area (Å²) in [6.45, 7) is 0. The average Bonchev–Trinajstić information content (AvgIpc) is 3.30. The fourth-order valence-electron chi connectivity index (χ4n) is 3.53. The van der Waals surface area contributed by atoms with Gasteiger partial charge in [0.05, 0.1) is 6.42 Å². The van der Waals surface area contributed by atoms with Crippen LogP contribution < -0.4 is 5.32 Å². The predicted octanol–water partition coefficient (Wildman–Crippen LogP) is 5.03. The first kappa shape index (κ1) is 17.6. The van der Waals surface area contributed by atoms with Crippen LogP contribution in [0.2, 0.25) is 0 Å². The molecule has 0 bridgehead atoms. The summed E-state index contributed by atoms with van der Waals surface area (Å²) in [4.78, 5) is 22.5. The summed E-state index contributed by atoms with van der Waals surface area (Å²) >= 11 is 1.56. The Balaban J connectivity index is 1.32. The normalized spacial score (nSPS) is 11.2. The van der Waals surface area contributed by atoms with Gasteiger partial charge in [0.25, 0.3) is 0 Å². The number of rotatable bonds is 4. The van der Waals surface area contributed by atoms with Crippen molar-refractivity contribution in [2.45, 2.75) is 6.42 Å². The van der Waals surface area contributed by atoms with Crippen LogP contribution in [0.3, 0.4) is 0 Å². The number of carbonyl (C=O) groups excluding carboxylic acids is 1. The standard InChI is InChI=1S/C23H18N4OS/c1-27-14-16(18-5-2-3-7-20(18)27)13-21(28)25-17-10-8-15(9-11-17)22-26-19-6-4-12-24-23(19)29-22/h2-12,14H,13H2,1H3,(H,25,28). The second kappa shape index (κ2) is 7.14. The molecule has 6 heteroatoms. The number of anilines is 1. The fourth-order valence-corrected chi connectivity index (χ4v) is 4.45. The third-order valence-corrected chi connectivity index (χ3v) is 5.94. The first-order chi connectivity index (χ1) is 14.2. The van der Waals surface area contributed by atoms with Crippen LogP contribution in [-0.2, 0) is 18.3 Å². The van der Waals surface area contributed by atoms with E-state index in [1.54, 1.807) is 17.5 Å². The maximum atomic E-state index is 12.6. The number of benzene rings is 2. The molecule has 0 saturated carbocycles. The van der Waals surface area contributed by atoms with Crippen molar-refractivity contribution in [3.63, 3.8) is 0 Å². The van der Waals surface area contributed by atoms with Crippen molar-refractivity contribution in [1.29, 1.82) is 0 Å². The molecule has 0 fully saturated rings. The average molecular weight is 398 g/mol. The first-order valence-corrected chi connectivity index (χ1v) is 10.1. The van der Waals surface area contributed by atoms with E-state index in [9.17, 15) is 4.79 Å². The maximum absolute atomic E-state index is 12.6. The Morgan fingerprint density at radius 2 is 1.90 bits per heavy atom. The number of thiazole rings is 1. The van der Waals surface area contributed by atoms with Crippen LogP contribution >= 0.6 is 11.3 Å². The first-order valence-electron chi connectivity index (χ1n) is 9.32. The van der Waals surface area contributed by atoms with E-state index in [0.717, 1.165) is 43.1 Å². The topological polar surface area (TPSA) is 59.8 Å². The monoisotopic (exact) mass is 398 g/mol. The summed E-state index contributed by atoms with van der Waals surface area (Å²) in [6, 6.07) is 19.8. The van der Waals surface area contributed by atoms with Crippen molar-refractivity contribution in [2.75, 3.05) is 5.32 Å². The van der Waals surface area contributed by atoms with E-state index in [1.165, 1.54) is 0 Å². The highest BCUT2D eigenvalue weighted by Crippen LogP contribution is 2.29. The van der Waals surface area contributed by atoms with Crippen LogP contribution in [0, 0.1) is 0 Å². The van der Waals surface area contributed by atoms with E-state index in [2.05, 4.69) is 32.0 Å². The SMILES string of the molecule is Cn1cc(CC(=O)Nc2ccc(-c3nc4cccnc4s3)cc2)c2ccccc21. The Hall–Kier alpha value is -3.51. The number of carbonyl (C=O) groups is 1. The van der Waals surface area contributed by atoms with Gasteiger partial charge in [-0.15, -0.1) is 0 Å². The van der Waals surface area contributed by atoms with Crippen molar-refractivity contribution >= 4 is 44.2 Å². The van der Waals surface area contributed by atoms with Crippen LogP contribution in [0.25, 0.3) is 31.8 Å². The van der Waals surface area contributed by atoms with Gasteiger partial charge in [-0.25, -0.2) is 9.97 Å². The van der Waals surface area contributed by atoms with Crippen molar-refractivity contribution in [3.05, 3.63) is 78.6 Å². The van der Waals surface area contributed by atoms with Gasteiger partial charge in [0.15, 0.2) is 0 Å². The third-order valence-electron chi connectivity index (χ3n) is 4.91.